The summed E-state index contributed by atoms with van der Waals surface area (Å²) < 4.78 is 0. The highest BCUT2D eigenvalue weighted by Gasteiger charge is 2.46. The smallest absolute Gasteiger partial charge is 0.311 e. The van der Waals surface area contributed by atoms with E-state index in [1.807, 2.05) is 12.1 Å². The van der Waals surface area contributed by atoms with Crippen LogP contribution in [0, 0.1) is 11.3 Å². The number of likely N-dealkylation sites (tertiary alicyclic amines) is 1. The van der Waals surface area contributed by atoms with Gasteiger partial charge in [0.15, 0.2) is 0 Å². The lowest BCUT2D eigenvalue weighted by molar-refractivity contribution is -0.156. The largest absolute Gasteiger partial charge is 0.481 e. The zero-order valence-electron chi connectivity index (χ0n) is 13.4. The second-order valence-corrected chi connectivity index (χ2v) is 7.01. The quantitative estimate of drug-likeness (QED) is 0.875. The molecule has 0 spiro atoms. The van der Waals surface area contributed by atoms with E-state index in [4.69, 9.17) is 0 Å². The van der Waals surface area contributed by atoms with E-state index in [-0.39, 0.29) is 5.91 Å². The Kier molecular flexibility index (Phi) is 4.64. The number of carbonyl (C=O) groups is 2. The third-order valence-electron chi connectivity index (χ3n) is 5.14. The molecule has 23 heavy (non-hydrogen) atoms. The Balaban J connectivity index is 1.60. The Morgan fingerprint density at radius 3 is 2.70 bits per heavy atom. The summed E-state index contributed by atoms with van der Waals surface area (Å²) >= 11 is 0. The van der Waals surface area contributed by atoms with Crippen LogP contribution in [0.15, 0.2) is 24.5 Å². The number of aryl methyl sites for hydroxylation is 1. The van der Waals surface area contributed by atoms with Crippen LogP contribution in [0.1, 0.15) is 44.1 Å². The van der Waals surface area contributed by atoms with Gasteiger partial charge in [0.2, 0.25) is 5.91 Å². The molecule has 1 aromatic rings. The van der Waals surface area contributed by atoms with E-state index < -0.39 is 11.4 Å². The normalized spacial score (nSPS) is 24.4. The van der Waals surface area contributed by atoms with E-state index in [0.29, 0.717) is 38.3 Å². The van der Waals surface area contributed by atoms with Crippen LogP contribution in [-0.4, -0.2) is 40.0 Å². The van der Waals surface area contributed by atoms with E-state index in [9.17, 15) is 14.7 Å². The molecule has 1 N–H and O–H groups in total. The molecule has 2 fully saturated rings. The lowest BCUT2D eigenvalue weighted by Crippen LogP contribution is -2.50. The minimum Gasteiger partial charge on any atom is -0.481 e. The number of carboxylic acids is 1. The molecule has 124 valence electrons. The van der Waals surface area contributed by atoms with Crippen molar-refractivity contribution in [3.8, 4) is 0 Å². The number of nitrogens with zero attached hydrogens (tertiary/aromatic N) is 2. The van der Waals surface area contributed by atoms with Crippen molar-refractivity contribution in [3.63, 3.8) is 0 Å². The number of aromatic nitrogens is 1. The van der Waals surface area contributed by atoms with E-state index in [1.165, 1.54) is 0 Å². The van der Waals surface area contributed by atoms with E-state index in [0.717, 1.165) is 31.2 Å². The lowest BCUT2D eigenvalue weighted by Gasteiger charge is -2.40. The second kappa shape index (κ2) is 6.69. The summed E-state index contributed by atoms with van der Waals surface area (Å²) in [6, 6.07) is 3.83. The van der Waals surface area contributed by atoms with Gasteiger partial charge in [0.1, 0.15) is 0 Å². The topological polar surface area (TPSA) is 70.5 Å². The summed E-state index contributed by atoms with van der Waals surface area (Å²) in [4.78, 5) is 30.1. The number of piperidine rings is 1. The van der Waals surface area contributed by atoms with Gasteiger partial charge >= 0.3 is 5.97 Å². The molecular weight excluding hydrogens is 292 g/mol. The number of aliphatic carboxylic acids is 1. The Hall–Kier alpha value is -1.91. The summed E-state index contributed by atoms with van der Waals surface area (Å²) in [5.41, 5.74) is 0.374. The van der Waals surface area contributed by atoms with E-state index in [2.05, 4.69) is 4.98 Å². The first-order valence-corrected chi connectivity index (χ1v) is 8.49. The summed E-state index contributed by atoms with van der Waals surface area (Å²) in [5.74, 6) is -0.100. The summed E-state index contributed by atoms with van der Waals surface area (Å²) in [7, 11) is 0. The molecule has 0 bridgehead atoms. The standard InChI is InChI=1S/C18H24N2O3/c21-16(5-4-14-6-9-19-10-7-14)20-11-1-8-18(13-20,17(22)23)12-15-2-3-15/h6-7,9-10,15H,1-5,8,11-13H2,(H,22,23). The molecule has 2 heterocycles. The molecule has 1 aliphatic heterocycles. The number of hydrogen-bond acceptors (Lipinski definition) is 3. The molecule has 0 aromatic carbocycles. The maximum Gasteiger partial charge on any atom is 0.311 e. The van der Waals surface area contributed by atoms with Crippen molar-refractivity contribution in [1.29, 1.82) is 0 Å². The van der Waals surface area contributed by atoms with Gasteiger partial charge in [0.25, 0.3) is 0 Å². The van der Waals surface area contributed by atoms with Crippen LogP contribution in [-0.2, 0) is 16.0 Å². The van der Waals surface area contributed by atoms with Gasteiger partial charge in [-0.05, 0) is 49.3 Å². The van der Waals surface area contributed by atoms with Crippen LogP contribution in [0.4, 0.5) is 0 Å². The van der Waals surface area contributed by atoms with Crippen molar-refractivity contribution in [2.45, 2.75) is 44.9 Å². The first-order chi connectivity index (χ1) is 11.1. The highest BCUT2D eigenvalue weighted by Crippen LogP contribution is 2.45. The molecule has 1 unspecified atom stereocenters. The lowest BCUT2D eigenvalue weighted by atomic mass is 9.75. The summed E-state index contributed by atoms with van der Waals surface area (Å²) in [6.07, 6.45) is 9.08. The Morgan fingerprint density at radius 1 is 1.30 bits per heavy atom. The predicted octanol–water partition coefficient (Wildman–Crippen LogP) is 2.51. The molecule has 1 saturated carbocycles. The van der Waals surface area contributed by atoms with Gasteiger partial charge in [-0.15, -0.1) is 0 Å². The predicted molar refractivity (Wildman–Crippen MR) is 85.8 cm³/mol. The minimum absolute atomic E-state index is 0.0722. The molecule has 1 aromatic heterocycles. The van der Waals surface area contributed by atoms with Crippen molar-refractivity contribution in [2.24, 2.45) is 11.3 Å². The molecule has 2 aliphatic rings. The van der Waals surface area contributed by atoms with Gasteiger partial charge in [-0.3, -0.25) is 14.6 Å². The first kappa shape index (κ1) is 16.0. The number of amides is 1. The van der Waals surface area contributed by atoms with Gasteiger partial charge in [-0.25, -0.2) is 0 Å². The second-order valence-electron chi connectivity index (χ2n) is 7.01. The van der Waals surface area contributed by atoms with Crippen LogP contribution in [0.25, 0.3) is 0 Å². The van der Waals surface area contributed by atoms with Crippen molar-refractivity contribution >= 4 is 11.9 Å². The molecule has 0 radical (unpaired) electrons. The van der Waals surface area contributed by atoms with Gasteiger partial charge < -0.3 is 10.0 Å². The van der Waals surface area contributed by atoms with Crippen molar-refractivity contribution in [1.82, 2.24) is 9.88 Å². The summed E-state index contributed by atoms with van der Waals surface area (Å²) in [6.45, 7) is 1.07. The molecule has 5 nitrogen and oxygen atoms in total. The highest BCUT2D eigenvalue weighted by molar-refractivity contribution is 5.80. The Bertz CT molecular complexity index is 571. The van der Waals surface area contributed by atoms with Crippen molar-refractivity contribution < 1.29 is 14.7 Å². The maximum atomic E-state index is 12.5. The molecule has 5 heteroatoms. The minimum atomic E-state index is -0.726. The van der Waals surface area contributed by atoms with Crippen LogP contribution >= 0.6 is 0 Å². The fraction of sp³-hybridized carbons (Fsp3) is 0.611. The number of carboxylic acid groups (broad SMARTS) is 1. The number of rotatable bonds is 6. The molecule has 3 rings (SSSR count). The fourth-order valence-electron chi connectivity index (χ4n) is 3.61. The third-order valence-corrected chi connectivity index (χ3v) is 5.14. The summed E-state index contributed by atoms with van der Waals surface area (Å²) in [5, 5.41) is 9.73. The first-order valence-electron chi connectivity index (χ1n) is 8.49. The number of carbonyl (C=O) groups excluding carboxylic acids is 1. The third kappa shape index (κ3) is 3.89. The van der Waals surface area contributed by atoms with E-state index in [1.54, 1.807) is 17.3 Å². The molecule has 1 aliphatic carbocycles. The average Bonchev–Trinajstić information content (AvgIpc) is 3.37. The van der Waals surface area contributed by atoms with Crippen LogP contribution in [0.3, 0.4) is 0 Å². The zero-order valence-corrected chi connectivity index (χ0v) is 13.4. The Labute approximate surface area is 136 Å². The number of hydrogen-bond donors (Lipinski definition) is 1. The zero-order chi connectivity index (χ0) is 16.3. The number of pyridine rings is 1. The SMILES string of the molecule is O=C(CCc1ccncc1)N1CCCC(CC2CC2)(C(=O)O)C1. The van der Waals surface area contributed by atoms with Crippen LogP contribution in [0.5, 0.6) is 0 Å². The van der Waals surface area contributed by atoms with Crippen LogP contribution in [0.2, 0.25) is 0 Å². The fourth-order valence-corrected chi connectivity index (χ4v) is 3.61. The van der Waals surface area contributed by atoms with Crippen molar-refractivity contribution in [3.05, 3.63) is 30.1 Å². The Morgan fingerprint density at radius 2 is 2.04 bits per heavy atom. The monoisotopic (exact) mass is 316 g/mol. The molecular formula is C18H24N2O3. The molecule has 1 atom stereocenters. The van der Waals surface area contributed by atoms with Crippen LogP contribution < -0.4 is 0 Å². The molecule has 1 amide bonds. The molecule has 1 saturated heterocycles. The van der Waals surface area contributed by atoms with E-state index >= 15 is 0 Å². The van der Waals surface area contributed by atoms with Gasteiger partial charge in [-0.1, -0.05) is 12.8 Å². The van der Waals surface area contributed by atoms with Gasteiger partial charge in [0.05, 0.1) is 5.41 Å². The van der Waals surface area contributed by atoms with Gasteiger partial charge in [0, 0.05) is 31.9 Å². The average molecular weight is 316 g/mol. The van der Waals surface area contributed by atoms with Gasteiger partial charge in [-0.2, -0.15) is 0 Å². The maximum absolute atomic E-state index is 12.5. The van der Waals surface area contributed by atoms with Crippen molar-refractivity contribution in [2.75, 3.05) is 13.1 Å². The highest BCUT2D eigenvalue weighted by atomic mass is 16.4.